The molecule has 0 aliphatic heterocycles. The lowest BCUT2D eigenvalue weighted by Crippen LogP contribution is -2.38. The number of carbonyl (C=O) groups excluding carboxylic acids is 2. The van der Waals surface area contributed by atoms with Gasteiger partial charge in [0.2, 0.25) is 5.91 Å². The van der Waals surface area contributed by atoms with E-state index in [1.54, 1.807) is 0 Å². The van der Waals surface area contributed by atoms with E-state index in [1.165, 1.54) is 22.3 Å². The lowest BCUT2D eigenvalue weighted by molar-refractivity contribution is -0.139. The molecule has 2 aromatic rings. The second kappa shape index (κ2) is 11.4. The van der Waals surface area contributed by atoms with Gasteiger partial charge >= 0.3 is 12.1 Å². The molecular weight excluding hydrogens is 444 g/mol. The molecule has 2 aliphatic carbocycles. The number of aliphatic carboxylic acids is 1. The van der Waals surface area contributed by atoms with E-state index in [1.807, 2.05) is 31.2 Å². The summed E-state index contributed by atoms with van der Waals surface area (Å²) in [7, 11) is 0. The van der Waals surface area contributed by atoms with Crippen LogP contribution in [-0.2, 0) is 14.3 Å². The van der Waals surface area contributed by atoms with Crippen molar-refractivity contribution in [3.05, 3.63) is 59.7 Å². The lowest BCUT2D eigenvalue weighted by atomic mass is 9.73. The number of carboxylic acid groups (broad SMARTS) is 1. The van der Waals surface area contributed by atoms with Crippen molar-refractivity contribution in [2.24, 2.45) is 11.8 Å². The van der Waals surface area contributed by atoms with Crippen molar-refractivity contribution in [3.63, 3.8) is 0 Å². The summed E-state index contributed by atoms with van der Waals surface area (Å²) in [6, 6.07) is 16.3. The molecule has 2 aromatic carbocycles. The fourth-order valence-electron chi connectivity index (χ4n) is 5.29. The Morgan fingerprint density at radius 1 is 1.00 bits per heavy atom. The summed E-state index contributed by atoms with van der Waals surface area (Å²) in [5.41, 5.74) is 4.72. The number of carbonyl (C=O) groups is 3. The summed E-state index contributed by atoms with van der Waals surface area (Å²) in [4.78, 5) is 35.5. The van der Waals surface area contributed by atoms with Crippen molar-refractivity contribution in [2.75, 3.05) is 13.2 Å². The molecule has 0 spiro atoms. The van der Waals surface area contributed by atoms with Crippen LogP contribution in [0.25, 0.3) is 11.1 Å². The first-order chi connectivity index (χ1) is 16.9. The Bertz CT molecular complexity index is 1020. The Labute approximate surface area is 206 Å². The summed E-state index contributed by atoms with van der Waals surface area (Å²) in [5.74, 6) is -0.184. The molecule has 1 unspecified atom stereocenters. The summed E-state index contributed by atoms with van der Waals surface area (Å²) < 4.78 is 5.62. The van der Waals surface area contributed by atoms with Crippen LogP contribution in [0.1, 0.15) is 62.5 Å². The fraction of sp³-hybridized carbons (Fsp3) is 0.464. The van der Waals surface area contributed by atoms with E-state index in [4.69, 9.17) is 9.84 Å². The quantitative estimate of drug-likeness (QED) is 0.434. The molecule has 0 radical (unpaired) electrons. The minimum Gasteiger partial charge on any atom is -0.481 e. The third-order valence-corrected chi connectivity index (χ3v) is 7.26. The maximum Gasteiger partial charge on any atom is 0.407 e. The Balaban J connectivity index is 1.18. The van der Waals surface area contributed by atoms with Gasteiger partial charge in [-0.25, -0.2) is 4.79 Å². The molecule has 186 valence electrons. The third kappa shape index (κ3) is 6.21. The van der Waals surface area contributed by atoms with Crippen molar-refractivity contribution in [3.8, 4) is 11.1 Å². The summed E-state index contributed by atoms with van der Waals surface area (Å²) >= 11 is 0. The summed E-state index contributed by atoms with van der Waals surface area (Å²) in [6.45, 7) is 2.83. The van der Waals surface area contributed by atoms with Gasteiger partial charge in [0, 0.05) is 31.3 Å². The van der Waals surface area contributed by atoms with Crippen molar-refractivity contribution in [2.45, 2.75) is 57.4 Å². The number of benzene rings is 2. The van der Waals surface area contributed by atoms with E-state index < -0.39 is 12.1 Å². The molecule has 35 heavy (non-hydrogen) atoms. The van der Waals surface area contributed by atoms with Crippen LogP contribution in [0.2, 0.25) is 0 Å². The van der Waals surface area contributed by atoms with Crippen LogP contribution in [0.4, 0.5) is 4.79 Å². The molecule has 0 aromatic heterocycles. The maximum absolute atomic E-state index is 12.5. The van der Waals surface area contributed by atoms with Crippen LogP contribution in [0.3, 0.4) is 0 Å². The number of hydrogen-bond donors (Lipinski definition) is 3. The van der Waals surface area contributed by atoms with E-state index in [-0.39, 0.29) is 36.8 Å². The number of carboxylic acids is 1. The molecule has 1 saturated carbocycles. The van der Waals surface area contributed by atoms with Gasteiger partial charge in [0.1, 0.15) is 6.61 Å². The highest BCUT2D eigenvalue weighted by Gasteiger charge is 2.31. The fourth-order valence-corrected chi connectivity index (χ4v) is 5.29. The normalized spacial score (nSPS) is 19.1. The van der Waals surface area contributed by atoms with Gasteiger partial charge in [0.15, 0.2) is 0 Å². The average Bonchev–Trinajstić information content (AvgIpc) is 3.15. The summed E-state index contributed by atoms with van der Waals surface area (Å²) in [6.07, 6.45) is 3.03. The highest BCUT2D eigenvalue weighted by atomic mass is 16.5. The van der Waals surface area contributed by atoms with Gasteiger partial charge in [-0.3, -0.25) is 9.59 Å². The molecule has 1 atom stereocenters. The Hall–Kier alpha value is -3.35. The van der Waals surface area contributed by atoms with E-state index in [9.17, 15) is 14.4 Å². The zero-order valence-corrected chi connectivity index (χ0v) is 20.2. The smallest absolute Gasteiger partial charge is 0.407 e. The zero-order valence-electron chi connectivity index (χ0n) is 20.2. The van der Waals surface area contributed by atoms with Crippen LogP contribution in [0.5, 0.6) is 0 Å². The van der Waals surface area contributed by atoms with Crippen LogP contribution >= 0.6 is 0 Å². The SMILES string of the molecule is CCC(CCC(=O)NCC1CC(CC(=O)O)C1)NC(=O)OCC1c2ccccc2-c2ccccc21. The zero-order chi connectivity index (χ0) is 24.8. The molecule has 7 nitrogen and oxygen atoms in total. The molecule has 3 N–H and O–H groups in total. The molecule has 1 fully saturated rings. The monoisotopic (exact) mass is 478 g/mol. The molecule has 4 rings (SSSR count). The molecule has 2 amide bonds. The molecule has 2 aliphatic rings. The van der Waals surface area contributed by atoms with Gasteiger partial charge in [-0.05, 0) is 59.8 Å². The second-order valence-corrected chi connectivity index (χ2v) is 9.72. The van der Waals surface area contributed by atoms with Crippen molar-refractivity contribution in [1.29, 1.82) is 0 Å². The number of nitrogens with one attached hydrogen (secondary N) is 2. The van der Waals surface area contributed by atoms with Crippen LogP contribution < -0.4 is 10.6 Å². The van der Waals surface area contributed by atoms with Crippen LogP contribution in [-0.4, -0.2) is 42.3 Å². The number of hydrogen-bond acceptors (Lipinski definition) is 4. The number of rotatable bonds is 11. The third-order valence-electron chi connectivity index (χ3n) is 7.26. The van der Waals surface area contributed by atoms with Gasteiger partial charge in [0.25, 0.3) is 0 Å². The van der Waals surface area contributed by atoms with Gasteiger partial charge in [-0.2, -0.15) is 0 Å². The molecular formula is C28H34N2O5. The van der Waals surface area contributed by atoms with Gasteiger partial charge < -0.3 is 20.5 Å². The molecule has 0 saturated heterocycles. The average molecular weight is 479 g/mol. The number of alkyl carbamates (subject to hydrolysis) is 1. The largest absolute Gasteiger partial charge is 0.481 e. The van der Waals surface area contributed by atoms with Crippen LogP contribution in [0, 0.1) is 11.8 Å². The van der Waals surface area contributed by atoms with Crippen molar-refractivity contribution < 1.29 is 24.2 Å². The highest BCUT2D eigenvalue weighted by molar-refractivity contribution is 5.79. The first kappa shape index (κ1) is 24.8. The Morgan fingerprint density at radius 2 is 1.63 bits per heavy atom. The number of amides is 2. The van der Waals surface area contributed by atoms with Crippen LogP contribution in [0.15, 0.2) is 48.5 Å². The van der Waals surface area contributed by atoms with E-state index in [0.717, 1.165) is 12.8 Å². The number of ether oxygens (including phenoxy) is 1. The topological polar surface area (TPSA) is 105 Å². The summed E-state index contributed by atoms with van der Waals surface area (Å²) in [5, 5.41) is 14.7. The van der Waals surface area contributed by atoms with Crippen molar-refractivity contribution in [1.82, 2.24) is 10.6 Å². The Kier molecular flexibility index (Phi) is 8.06. The predicted molar refractivity (Wildman–Crippen MR) is 133 cm³/mol. The van der Waals surface area contributed by atoms with E-state index in [0.29, 0.717) is 31.7 Å². The van der Waals surface area contributed by atoms with Crippen molar-refractivity contribution >= 4 is 18.0 Å². The minimum absolute atomic E-state index is 0.0145. The lowest BCUT2D eigenvalue weighted by Gasteiger charge is -2.34. The predicted octanol–water partition coefficient (Wildman–Crippen LogP) is 4.70. The van der Waals surface area contributed by atoms with E-state index >= 15 is 0 Å². The Morgan fingerprint density at radius 3 is 2.23 bits per heavy atom. The minimum atomic E-state index is -0.757. The molecule has 7 heteroatoms. The molecule has 0 bridgehead atoms. The number of fused-ring (bicyclic) bond motifs is 3. The second-order valence-electron chi connectivity index (χ2n) is 9.72. The highest BCUT2D eigenvalue weighted by Crippen LogP contribution is 2.44. The maximum atomic E-state index is 12.5. The van der Waals surface area contributed by atoms with Gasteiger partial charge in [0.05, 0.1) is 0 Å². The first-order valence-electron chi connectivity index (χ1n) is 12.5. The standard InChI is InChI=1S/C28H34N2O5/c1-2-20(11-12-26(31)29-16-19-13-18(14-19)15-27(32)33)30-28(34)35-17-25-23-9-5-3-7-21(23)22-8-4-6-10-24(22)25/h3-10,18-20,25H,2,11-17H2,1H3,(H,29,31)(H,30,34)(H,32,33). The van der Waals surface area contributed by atoms with Gasteiger partial charge in [-0.1, -0.05) is 55.5 Å². The first-order valence-corrected chi connectivity index (χ1v) is 12.5. The van der Waals surface area contributed by atoms with Gasteiger partial charge in [-0.15, -0.1) is 0 Å². The molecule has 0 heterocycles. The van der Waals surface area contributed by atoms with E-state index in [2.05, 4.69) is 34.9 Å².